The minimum Gasteiger partial charge on any atom is -0.493 e. The normalized spacial score (nSPS) is 11.2. The predicted molar refractivity (Wildman–Crippen MR) is 84.5 cm³/mol. The van der Waals surface area contributed by atoms with Crippen LogP contribution >= 0.6 is 11.3 Å². The standard InChI is InChI=1S/C17H18O2S/c1-13(2)12-19-15-8-5-14(6-9-15)7-10-16(18)17-4-3-11-20-17/h3-11,13H,12H2,1-2H3/b10-7+. The van der Waals surface area contributed by atoms with Crippen LogP contribution in [0.5, 0.6) is 5.75 Å². The average Bonchev–Trinajstić information content (AvgIpc) is 2.98. The molecule has 2 rings (SSSR count). The third kappa shape index (κ3) is 4.35. The van der Waals surface area contributed by atoms with Crippen LogP contribution in [0.2, 0.25) is 0 Å². The summed E-state index contributed by atoms with van der Waals surface area (Å²) < 4.78 is 5.62. The first-order valence-corrected chi connectivity index (χ1v) is 7.52. The molecule has 0 saturated carbocycles. The van der Waals surface area contributed by atoms with Crippen LogP contribution in [0.1, 0.15) is 29.1 Å². The Morgan fingerprint density at radius 1 is 1.25 bits per heavy atom. The van der Waals surface area contributed by atoms with Gasteiger partial charge < -0.3 is 4.74 Å². The van der Waals surface area contributed by atoms with Crippen molar-refractivity contribution in [2.24, 2.45) is 5.92 Å². The molecule has 0 aliphatic heterocycles. The minimum absolute atomic E-state index is 0.0418. The second-order valence-corrected chi connectivity index (χ2v) is 5.90. The van der Waals surface area contributed by atoms with Crippen molar-refractivity contribution in [3.63, 3.8) is 0 Å². The Morgan fingerprint density at radius 2 is 2.00 bits per heavy atom. The Bertz CT molecular complexity index is 566. The highest BCUT2D eigenvalue weighted by molar-refractivity contribution is 7.12. The molecular weight excluding hydrogens is 268 g/mol. The van der Waals surface area contributed by atoms with Crippen molar-refractivity contribution in [2.45, 2.75) is 13.8 Å². The van der Waals surface area contributed by atoms with Crippen molar-refractivity contribution in [2.75, 3.05) is 6.61 Å². The van der Waals surface area contributed by atoms with Gasteiger partial charge in [0.15, 0.2) is 5.78 Å². The number of ether oxygens (including phenoxy) is 1. The number of hydrogen-bond donors (Lipinski definition) is 0. The number of thiophene rings is 1. The van der Waals surface area contributed by atoms with Crippen molar-refractivity contribution in [3.05, 3.63) is 58.3 Å². The van der Waals surface area contributed by atoms with Crippen molar-refractivity contribution in [1.29, 1.82) is 0 Å². The summed E-state index contributed by atoms with van der Waals surface area (Å²) in [5.41, 5.74) is 0.992. The van der Waals surface area contributed by atoms with Gasteiger partial charge in [0.25, 0.3) is 0 Å². The fourth-order valence-electron chi connectivity index (χ4n) is 1.61. The smallest absolute Gasteiger partial charge is 0.195 e. The Labute approximate surface area is 123 Å². The molecule has 0 atom stereocenters. The molecule has 0 unspecified atom stereocenters. The first-order chi connectivity index (χ1) is 9.65. The molecule has 1 aromatic carbocycles. The Kier molecular flexibility index (Phi) is 5.13. The van der Waals surface area contributed by atoms with Gasteiger partial charge >= 0.3 is 0 Å². The Morgan fingerprint density at radius 3 is 2.60 bits per heavy atom. The van der Waals surface area contributed by atoms with E-state index >= 15 is 0 Å². The average molecular weight is 286 g/mol. The molecule has 1 heterocycles. The lowest BCUT2D eigenvalue weighted by Crippen LogP contribution is -2.04. The van der Waals surface area contributed by atoms with E-state index in [9.17, 15) is 4.79 Å². The van der Waals surface area contributed by atoms with Gasteiger partial charge in [0.05, 0.1) is 11.5 Å². The van der Waals surface area contributed by atoms with Gasteiger partial charge in [0, 0.05) is 0 Å². The molecule has 0 saturated heterocycles. The van der Waals surface area contributed by atoms with Gasteiger partial charge in [0.1, 0.15) is 5.75 Å². The molecule has 3 heteroatoms. The van der Waals surface area contributed by atoms with Crippen molar-refractivity contribution in [1.82, 2.24) is 0 Å². The van der Waals surface area contributed by atoms with Crippen LogP contribution in [0.25, 0.3) is 6.08 Å². The summed E-state index contributed by atoms with van der Waals surface area (Å²) in [4.78, 5) is 12.6. The SMILES string of the molecule is CC(C)COc1ccc(/C=C/C(=O)c2cccs2)cc1. The molecule has 0 aliphatic rings. The second kappa shape index (κ2) is 7.06. The van der Waals surface area contributed by atoms with E-state index in [-0.39, 0.29) is 5.78 Å². The summed E-state index contributed by atoms with van der Waals surface area (Å²) >= 11 is 1.46. The molecule has 0 amide bonds. The van der Waals surface area contributed by atoms with Gasteiger partial charge in [-0.15, -0.1) is 11.3 Å². The number of carbonyl (C=O) groups is 1. The molecule has 0 bridgehead atoms. The maximum atomic E-state index is 11.8. The number of rotatable bonds is 6. The molecule has 2 nitrogen and oxygen atoms in total. The zero-order valence-corrected chi connectivity index (χ0v) is 12.5. The molecule has 104 valence electrons. The number of carbonyl (C=O) groups excluding carboxylic acids is 1. The highest BCUT2D eigenvalue weighted by Crippen LogP contribution is 2.15. The van der Waals surface area contributed by atoms with Crippen LogP contribution in [0.3, 0.4) is 0 Å². The van der Waals surface area contributed by atoms with Gasteiger partial charge in [0.2, 0.25) is 0 Å². The number of hydrogen-bond acceptors (Lipinski definition) is 3. The third-order valence-electron chi connectivity index (χ3n) is 2.65. The number of benzene rings is 1. The lowest BCUT2D eigenvalue weighted by atomic mass is 10.2. The van der Waals surface area contributed by atoms with Crippen LogP contribution in [-0.2, 0) is 0 Å². The first kappa shape index (κ1) is 14.5. The topological polar surface area (TPSA) is 26.3 Å². The molecule has 0 spiro atoms. The number of ketones is 1. The maximum absolute atomic E-state index is 11.8. The van der Waals surface area contributed by atoms with Crippen molar-refractivity contribution >= 4 is 23.2 Å². The van der Waals surface area contributed by atoms with Crippen LogP contribution in [0, 0.1) is 5.92 Å². The quantitative estimate of drug-likeness (QED) is 0.569. The molecule has 0 fully saturated rings. The van der Waals surface area contributed by atoms with Gasteiger partial charge in [-0.1, -0.05) is 38.1 Å². The lowest BCUT2D eigenvalue weighted by molar-refractivity contribution is 0.105. The zero-order valence-electron chi connectivity index (χ0n) is 11.7. The summed E-state index contributed by atoms with van der Waals surface area (Å²) in [5.74, 6) is 1.42. The molecule has 2 aromatic rings. The van der Waals surface area contributed by atoms with E-state index in [1.807, 2.05) is 47.9 Å². The van der Waals surface area contributed by atoms with E-state index in [0.717, 1.165) is 16.2 Å². The van der Waals surface area contributed by atoms with E-state index < -0.39 is 0 Å². The fourth-order valence-corrected chi connectivity index (χ4v) is 2.26. The van der Waals surface area contributed by atoms with Gasteiger partial charge in [-0.3, -0.25) is 4.79 Å². The molecule has 0 radical (unpaired) electrons. The van der Waals surface area contributed by atoms with Gasteiger partial charge in [-0.2, -0.15) is 0 Å². The molecule has 0 aliphatic carbocycles. The van der Waals surface area contributed by atoms with Crippen molar-refractivity contribution in [3.8, 4) is 5.75 Å². The molecular formula is C17H18O2S. The van der Waals surface area contributed by atoms with Crippen LogP contribution < -0.4 is 4.74 Å². The zero-order chi connectivity index (χ0) is 14.4. The maximum Gasteiger partial charge on any atom is 0.195 e. The minimum atomic E-state index is 0.0418. The van der Waals surface area contributed by atoms with E-state index in [4.69, 9.17) is 4.74 Å². The lowest BCUT2D eigenvalue weighted by Gasteiger charge is -2.08. The predicted octanol–water partition coefficient (Wildman–Crippen LogP) is 4.68. The summed E-state index contributed by atoms with van der Waals surface area (Å²) in [5, 5.41) is 1.90. The summed E-state index contributed by atoms with van der Waals surface area (Å²) in [6, 6.07) is 11.5. The highest BCUT2D eigenvalue weighted by atomic mass is 32.1. The highest BCUT2D eigenvalue weighted by Gasteiger charge is 2.01. The Hall–Kier alpha value is -1.87. The van der Waals surface area contributed by atoms with E-state index in [1.165, 1.54) is 11.3 Å². The summed E-state index contributed by atoms with van der Waals surface area (Å²) in [6.07, 6.45) is 3.43. The summed E-state index contributed by atoms with van der Waals surface area (Å²) in [7, 11) is 0. The molecule has 0 N–H and O–H groups in total. The van der Waals surface area contributed by atoms with E-state index in [2.05, 4.69) is 13.8 Å². The number of allylic oxidation sites excluding steroid dienone is 1. The van der Waals surface area contributed by atoms with Crippen LogP contribution in [0.4, 0.5) is 0 Å². The molecule has 1 aromatic heterocycles. The second-order valence-electron chi connectivity index (χ2n) is 4.95. The van der Waals surface area contributed by atoms with Crippen molar-refractivity contribution < 1.29 is 9.53 Å². The first-order valence-electron chi connectivity index (χ1n) is 6.64. The molecule has 20 heavy (non-hydrogen) atoms. The third-order valence-corrected chi connectivity index (χ3v) is 3.54. The van der Waals surface area contributed by atoms with Crippen LogP contribution in [-0.4, -0.2) is 12.4 Å². The summed E-state index contributed by atoms with van der Waals surface area (Å²) in [6.45, 7) is 4.95. The Balaban J connectivity index is 1.95. The van der Waals surface area contributed by atoms with E-state index in [0.29, 0.717) is 12.5 Å². The van der Waals surface area contributed by atoms with Gasteiger partial charge in [-0.25, -0.2) is 0 Å². The fraction of sp³-hybridized carbons (Fsp3) is 0.235. The van der Waals surface area contributed by atoms with Crippen LogP contribution in [0.15, 0.2) is 47.9 Å². The van der Waals surface area contributed by atoms with Gasteiger partial charge in [-0.05, 0) is 41.1 Å². The van der Waals surface area contributed by atoms with E-state index in [1.54, 1.807) is 6.08 Å². The monoisotopic (exact) mass is 286 g/mol. The largest absolute Gasteiger partial charge is 0.493 e.